The lowest BCUT2D eigenvalue weighted by atomic mass is 10.2. The molecule has 106 valence electrons. The molecular formula is C13H18F2N2OS. The van der Waals surface area contributed by atoms with Crippen molar-refractivity contribution >= 4 is 23.4 Å². The van der Waals surface area contributed by atoms with E-state index in [0.717, 1.165) is 6.42 Å². The molecule has 0 heterocycles. The molecule has 0 spiro atoms. The Morgan fingerprint density at radius 1 is 1.37 bits per heavy atom. The number of nitrogens with one attached hydrogen (secondary N) is 2. The number of thioether (sulfide) groups is 1. The van der Waals surface area contributed by atoms with Gasteiger partial charge in [0.1, 0.15) is 0 Å². The second-order valence-electron chi connectivity index (χ2n) is 4.11. The van der Waals surface area contributed by atoms with Crippen molar-refractivity contribution < 1.29 is 13.6 Å². The highest BCUT2D eigenvalue weighted by Gasteiger charge is 2.11. The second kappa shape index (κ2) is 7.99. The van der Waals surface area contributed by atoms with Gasteiger partial charge in [0, 0.05) is 16.6 Å². The minimum absolute atomic E-state index is 0.0746. The van der Waals surface area contributed by atoms with E-state index in [9.17, 15) is 13.6 Å². The maximum Gasteiger partial charge on any atom is 0.288 e. The molecule has 0 aliphatic rings. The van der Waals surface area contributed by atoms with Gasteiger partial charge in [0.2, 0.25) is 5.91 Å². The molecule has 3 nitrogen and oxygen atoms in total. The molecule has 1 aromatic carbocycles. The number of alkyl halides is 2. The highest BCUT2D eigenvalue weighted by molar-refractivity contribution is 7.99. The van der Waals surface area contributed by atoms with Gasteiger partial charge in [0.15, 0.2) is 0 Å². The first-order valence-corrected chi connectivity index (χ1v) is 6.98. The highest BCUT2D eigenvalue weighted by Crippen LogP contribution is 2.31. The minimum atomic E-state index is -2.48. The van der Waals surface area contributed by atoms with Crippen LogP contribution in [-0.4, -0.2) is 24.3 Å². The number of carbonyl (C=O) groups excluding carboxylic acids is 1. The summed E-state index contributed by atoms with van der Waals surface area (Å²) in [4.78, 5) is 12.0. The van der Waals surface area contributed by atoms with Crippen LogP contribution in [0.3, 0.4) is 0 Å². The van der Waals surface area contributed by atoms with E-state index in [4.69, 9.17) is 0 Å². The second-order valence-corrected chi connectivity index (χ2v) is 5.14. The fourth-order valence-electron chi connectivity index (χ4n) is 1.41. The minimum Gasteiger partial charge on any atom is -0.375 e. The third-order valence-corrected chi connectivity index (χ3v) is 3.35. The van der Waals surface area contributed by atoms with Gasteiger partial charge in [-0.15, -0.1) is 0 Å². The molecule has 1 unspecified atom stereocenters. The molecule has 0 aliphatic heterocycles. The van der Waals surface area contributed by atoms with Gasteiger partial charge in [0.05, 0.1) is 6.54 Å². The Morgan fingerprint density at radius 2 is 2.05 bits per heavy atom. The third kappa shape index (κ3) is 5.92. The predicted molar refractivity (Wildman–Crippen MR) is 74.7 cm³/mol. The maximum absolute atomic E-state index is 12.4. The summed E-state index contributed by atoms with van der Waals surface area (Å²) in [5.41, 5.74) is 0.548. The van der Waals surface area contributed by atoms with Gasteiger partial charge < -0.3 is 10.6 Å². The van der Waals surface area contributed by atoms with Crippen LogP contribution in [0.1, 0.15) is 20.3 Å². The Kier molecular flexibility index (Phi) is 6.62. The van der Waals surface area contributed by atoms with E-state index in [0.29, 0.717) is 22.3 Å². The summed E-state index contributed by atoms with van der Waals surface area (Å²) in [7, 11) is 0. The molecule has 1 amide bonds. The van der Waals surface area contributed by atoms with Gasteiger partial charge in [-0.1, -0.05) is 30.8 Å². The van der Waals surface area contributed by atoms with Gasteiger partial charge in [-0.2, -0.15) is 8.78 Å². The van der Waals surface area contributed by atoms with Gasteiger partial charge in [0.25, 0.3) is 5.76 Å². The van der Waals surface area contributed by atoms with E-state index in [1.165, 1.54) is 0 Å². The molecular weight excluding hydrogens is 270 g/mol. The number of para-hydroxylation sites is 1. The molecule has 0 aromatic heterocycles. The van der Waals surface area contributed by atoms with Crippen molar-refractivity contribution in [1.82, 2.24) is 5.32 Å². The van der Waals surface area contributed by atoms with E-state index >= 15 is 0 Å². The summed E-state index contributed by atoms with van der Waals surface area (Å²) in [6.07, 6.45) is 0.851. The number of hydrogen-bond donors (Lipinski definition) is 2. The van der Waals surface area contributed by atoms with Crippen LogP contribution in [0.25, 0.3) is 0 Å². The van der Waals surface area contributed by atoms with E-state index in [1.807, 2.05) is 13.8 Å². The molecule has 19 heavy (non-hydrogen) atoms. The van der Waals surface area contributed by atoms with E-state index in [2.05, 4.69) is 10.6 Å². The predicted octanol–water partition coefficient (Wildman–Crippen LogP) is 3.33. The van der Waals surface area contributed by atoms with Gasteiger partial charge in [-0.05, 0) is 25.5 Å². The third-order valence-electron chi connectivity index (χ3n) is 2.56. The Hall–Kier alpha value is -1.30. The Balaban J connectivity index is 2.55. The SMILES string of the molecule is CCC(C)NC(=O)CNc1ccccc1SC(F)F. The van der Waals surface area contributed by atoms with Gasteiger partial charge in [-0.25, -0.2) is 0 Å². The number of benzene rings is 1. The number of carbonyl (C=O) groups is 1. The largest absolute Gasteiger partial charge is 0.375 e. The zero-order valence-corrected chi connectivity index (χ0v) is 11.8. The molecule has 0 fully saturated rings. The lowest BCUT2D eigenvalue weighted by Gasteiger charge is -2.14. The van der Waals surface area contributed by atoms with Crippen LogP contribution in [0.5, 0.6) is 0 Å². The first kappa shape index (κ1) is 15.8. The molecule has 0 saturated carbocycles. The lowest BCUT2D eigenvalue weighted by Crippen LogP contribution is -2.36. The number of hydrogen-bond acceptors (Lipinski definition) is 3. The van der Waals surface area contributed by atoms with Crippen LogP contribution in [0, 0.1) is 0 Å². The molecule has 6 heteroatoms. The van der Waals surface area contributed by atoms with E-state index in [-0.39, 0.29) is 18.5 Å². The number of amides is 1. The lowest BCUT2D eigenvalue weighted by molar-refractivity contribution is -0.120. The molecule has 1 atom stereocenters. The summed E-state index contributed by atoms with van der Waals surface area (Å²) in [5.74, 6) is -2.62. The van der Waals surface area contributed by atoms with Crippen molar-refractivity contribution in [2.24, 2.45) is 0 Å². The maximum atomic E-state index is 12.4. The van der Waals surface area contributed by atoms with Crippen molar-refractivity contribution in [1.29, 1.82) is 0 Å². The molecule has 1 aromatic rings. The number of anilines is 1. The molecule has 0 aliphatic carbocycles. The van der Waals surface area contributed by atoms with Crippen LogP contribution >= 0.6 is 11.8 Å². The van der Waals surface area contributed by atoms with E-state index < -0.39 is 5.76 Å². The molecule has 0 radical (unpaired) electrons. The monoisotopic (exact) mass is 288 g/mol. The summed E-state index contributed by atoms with van der Waals surface area (Å²) >= 11 is 0.468. The van der Waals surface area contributed by atoms with Crippen LogP contribution in [-0.2, 0) is 4.79 Å². The Bertz CT molecular complexity index is 415. The summed E-state index contributed by atoms with van der Waals surface area (Å²) < 4.78 is 24.7. The average molecular weight is 288 g/mol. The van der Waals surface area contributed by atoms with Crippen LogP contribution in [0.2, 0.25) is 0 Å². The number of rotatable bonds is 7. The molecule has 1 rings (SSSR count). The summed E-state index contributed by atoms with van der Waals surface area (Å²) in [5, 5.41) is 5.69. The quantitative estimate of drug-likeness (QED) is 0.756. The standard InChI is InChI=1S/C13H18F2N2OS/c1-3-9(2)17-12(18)8-16-10-6-4-5-7-11(10)19-13(14)15/h4-7,9,13,16H,3,8H2,1-2H3,(H,17,18). The van der Waals surface area contributed by atoms with Crippen molar-refractivity contribution in [2.75, 3.05) is 11.9 Å². The normalized spacial score (nSPS) is 12.3. The van der Waals surface area contributed by atoms with Crippen LogP contribution in [0.4, 0.5) is 14.5 Å². The summed E-state index contributed by atoms with van der Waals surface area (Å²) in [6, 6.07) is 6.83. The zero-order valence-electron chi connectivity index (χ0n) is 11.0. The highest BCUT2D eigenvalue weighted by atomic mass is 32.2. The summed E-state index contributed by atoms with van der Waals surface area (Å²) in [6.45, 7) is 3.97. The van der Waals surface area contributed by atoms with E-state index in [1.54, 1.807) is 24.3 Å². The molecule has 2 N–H and O–H groups in total. The molecule has 0 bridgehead atoms. The Morgan fingerprint density at radius 3 is 2.68 bits per heavy atom. The first-order chi connectivity index (χ1) is 9.02. The topological polar surface area (TPSA) is 41.1 Å². The fraction of sp³-hybridized carbons (Fsp3) is 0.462. The number of halogens is 2. The van der Waals surface area contributed by atoms with Crippen molar-refractivity contribution in [3.8, 4) is 0 Å². The van der Waals surface area contributed by atoms with Crippen molar-refractivity contribution in [3.63, 3.8) is 0 Å². The van der Waals surface area contributed by atoms with Crippen LogP contribution in [0.15, 0.2) is 29.2 Å². The zero-order chi connectivity index (χ0) is 14.3. The smallest absolute Gasteiger partial charge is 0.288 e. The van der Waals surface area contributed by atoms with Gasteiger partial charge >= 0.3 is 0 Å². The van der Waals surface area contributed by atoms with Gasteiger partial charge in [-0.3, -0.25) is 4.79 Å². The van der Waals surface area contributed by atoms with Crippen LogP contribution < -0.4 is 10.6 Å². The fourth-order valence-corrected chi connectivity index (χ4v) is 2.03. The Labute approximate surface area is 116 Å². The first-order valence-electron chi connectivity index (χ1n) is 6.10. The van der Waals surface area contributed by atoms with Crippen molar-refractivity contribution in [3.05, 3.63) is 24.3 Å². The molecule has 0 saturated heterocycles. The van der Waals surface area contributed by atoms with Crippen molar-refractivity contribution in [2.45, 2.75) is 37.0 Å². The average Bonchev–Trinajstić information content (AvgIpc) is 2.37.